The van der Waals surface area contributed by atoms with E-state index in [1.165, 1.54) is 5.56 Å². The number of phenolic OH excluding ortho intramolecular Hbond substituents is 1. The van der Waals surface area contributed by atoms with Gasteiger partial charge < -0.3 is 14.7 Å². The van der Waals surface area contributed by atoms with Crippen molar-refractivity contribution in [2.45, 2.75) is 35.3 Å². The Morgan fingerprint density at radius 3 is 2.93 bits per heavy atom. The van der Waals surface area contributed by atoms with Gasteiger partial charge in [0.1, 0.15) is 5.71 Å². The quantitative estimate of drug-likeness (QED) is 0.709. The van der Waals surface area contributed by atoms with Crippen molar-refractivity contribution < 1.29 is 18.3 Å². The van der Waals surface area contributed by atoms with Crippen LogP contribution < -0.4 is 4.74 Å². The van der Waals surface area contributed by atoms with Gasteiger partial charge in [-0.1, -0.05) is 24.3 Å². The molecule has 1 saturated heterocycles. The minimum atomic E-state index is -3.68. The van der Waals surface area contributed by atoms with Crippen LogP contribution >= 0.6 is 0 Å². The van der Waals surface area contributed by atoms with E-state index in [0.29, 0.717) is 17.1 Å². The molecule has 2 aromatic rings. The Hall–Kier alpha value is -2.64. The van der Waals surface area contributed by atoms with E-state index in [9.17, 15) is 13.5 Å². The van der Waals surface area contributed by atoms with E-state index in [4.69, 9.17) is 9.73 Å². The number of sulfone groups is 1. The Morgan fingerprint density at radius 2 is 2.07 bits per heavy atom. The Balaban J connectivity index is 1.58. The summed E-state index contributed by atoms with van der Waals surface area (Å²) in [6.45, 7) is 0.898. The lowest BCUT2D eigenvalue weighted by Crippen LogP contribution is -2.65. The molecule has 7 rings (SSSR count). The fourth-order valence-electron chi connectivity index (χ4n) is 6.49. The number of phenols is 1. The molecule has 1 N–H and O–H groups in total. The highest BCUT2D eigenvalue weighted by atomic mass is 32.2. The molecule has 1 spiro atoms. The van der Waals surface area contributed by atoms with Crippen LogP contribution in [0.25, 0.3) is 0 Å². The van der Waals surface area contributed by atoms with Crippen molar-refractivity contribution in [3.05, 3.63) is 58.5 Å². The van der Waals surface area contributed by atoms with Crippen LogP contribution in [0.3, 0.4) is 0 Å². The number of ether oxygens (including phenoxy) is 1. The molecule has 0 saturated carbocycles. The smallest absolute Gasteiger partial charge is 0.210 e. The maximum absolute atomic E-state index is 13.6. The van der Waals surface area contributed by atoms with E-state index >= 15 is 0 Å². The first-order valence-electron chi connectivity index (χ1n) is 10.3. The molecule has 0 amide bonds. The van der Waals surface area contributed by atoms with Gasteiger partial charge in [-0.05, 0) is 50.2 Å². The van der Waals surface area contributed by atoms with Crippen LogP contribution in [0.4, 0.5) is 5.69 Å². The number of aromatic hydroxyl groups is 1. The fraction of sp³-hybridized carbons (Fsp3) is 0.348. The summed E-state index contributed by atoms with van der Waals surface area (Å²) in [6, 6.07) is 10.8. The Labute approximate surface area is 174 Å². The molecular formula is C23H20N2O4S. The molecule has 2 aromatic carbocycles. The number of likely N-dealkylation sites (N-methyl/N-ethyl adjacent to an activating group) is 1. The second kappa shape index (κ2) is 5.15. The maximum atomic E-state index is 13.6. The van der Waals surface area contributed by atoms with Crippen LogP contribution in [0.2, 0.25) is 0 Å². The van der Waals surface area contributed by atoms with E-state index in [0.717, 1.165) is 24.9 Å². The first-order valence-corrected chi connectivity index (χ1v) is 11.8. The van der Waals surface area contributed by atoms with Gasteiger partial charge in [0.15, 0.2) is 17.6 Å². The molecule has 1 unspecified atom stereocenters. The predicted molar refractivity (Wildman–Crippen MR) is 111 cm³/mol. The van der Waals surface area contributed by atoms with E-state index in [2.05, 4.69) is 11.9 Å². The van der Waals surface area contributed by atoms with Gasteiger partial charge in [-0.2, -0.15) is 0 Å². The van der Waals surface area contributed by atoms with E-state index in [1.54, 1.807) is 30.3 Å². The monoisotopic (exact) mass is 420 g/mol. The number of fused-ring (bicyclic) bond motifs is 3. The highest BCUT2D eigenvalue weighted by Gasteiger charge is 2.66. The number of rotatable bonds is 0. The summed E-state index contributed by atoms with van der Waals surface area (Å²) < 4.78 is 33.6. The average Bonchev–Trinajstić information content (AvgIpc) is 3.08. The summed E-state index contributed by atoms with van der Waals surface area (Å²) in [5.74, 6) is 0.625. The molecule has 30 heavy (non-hydrogen) atoms. The summed E-state index contributed by atoms with van der Waals surface area (Å²) >= 11 is 0. The predicted octanol–water partition coefficient (Wildman–Crippen LogP) is 2.72. The Bertz CT molecular complexity index is 1330. The molecular weight excluding hydrogens is 400 g/mol. The van der Waals surface area contributed by atoms with Crippen molar-refractivity contribution in [1.82, 2.24) is 4.90 Å². The summed E-state index contributed by atoms with van der Waals surface area (Å²) in [5.41, 5.74) is 2.81. The normalized spacial score (nSPS) is 34.1. The number of likely N-dealkylation sites (tertiary alicyclic amines) is 1. The molecule has 2 bridgehead atoms. The fourth-order valence-corrected chi connectivity index (χ4v) is 8.12. The van der Waals surface area contributed by atoms with Crippen molar-refractivity contribution in [2.75, 3.05) is 13.6 Å². The number of benzene rings is 2. The second-order valence-corrected chi connectivity index (χ2v) is 10.9. The van der Waals surface area contributed by atoms with Gasteiger partial charge >= 0.3 is 0 Å². The van der Waals surface area contributed by atoms with Crippen LogP contribution in [0.1, 0.15) is 17.5 Å². The maximum Gasteiger partial charge on any atom is 0.210 e. The van der Waals surface area contributed by atoms with Crippen molar-refractivity contribution in [3.63, 3.8) is 0 Å². The first-order chi connectivity index (χ1) is 14.4. The number of nitrogens with zero attached hydrogens (tertiary/aromatic N) is 2. The Morgan fingerprint density at radius 1 is 1.23 bits per heavy atom. The van der Waals surface area contributed by atoms with Gasteiger partial charge in [-0.3, -0.25) is 0 Å². The molecule has 0 aromatic heterocycles. The van der Waals surface area contributed by atoms with Gasteiger partial charge in [-0.15, -0.1) is 0 Å². The van der Waals surface area contributed by atoms with Crippen molar-refractivity contribution in [3.8, 4) is 11.5 Å². The molecule has 4 atom stereocenters. The molecule has 6 nitrogen and oxygen atoms in total. The van der Waals surface area contributed by atoms with Crippen LogP contribution in [-0.2, 0) is 21.7 Å². The lowest BCUT2D eigenvalue weighted by Gasteiger charge is -2.56. The highest BCUT2D eigenvalue weighted by molar-refractivity contribution is 7.96. The molecule has 152 valence electrons. The van der Waals surface area contributed by atoms with Crippen LogP contribution in [-0.4, -0.2) is 49.9 Å². The lowest BCUT2D eigenvalue weighted by molar-refractivity contribution is 0.0269. The summed E-state index contributed by atoms with van der Waals surface area (Å²) in [5, 5.41) is 10.6. The van der Waals surface area contributed by atoms with Gasteiger partial charge in [0.25, 0.3) is 0 Å². The number of hydrogen-bond donors (Lipinski definition) is 1. The first kappa shape index (κ1) is 17.1. The van der Waals surface area contributed by atoms with Gasteiger partial charge in [0.2, 0.25) is 9.84 Å². The molecule has 3 heterocycles. The highest BCUT2D eigenvalue weighted by Crippen LogP contribution is 2.63. The van der Waals surface area contributed by atoms with Crippen molar-refractivity contribution in [1.29, 1.82) is 0 Å². The van der Waals surface area contributed by atoms with Crippen LogP contribution in [0.5, 0.6) is 11.5 Å². The van der Waals surface area contributed by atoms with Crippen LogP contribution in [0, 0.1) is 5.92 Å². The molecule has 0 radical (unpaired) electrons. The third-order valence-electron chi connectivity index (χ3n) is 7.79. The number of aliphatic imine (C=N–C) groups is 1. The van der Waals surface area contributed by atoms with Crippen molar-refractivity contribution in [2.24, 2.45) is 10.9 Å². The zero-order valence-electron chi connectivity index (χ0n) is 16.4. The van der Waals surface area contributed by atoms with Crippen molar-refractivity contribution >= 4 is 21.2 Å². The topological polar surface area (TPSA) is 79.2 Å². The molecule has 2 aliphatic carbocycles. The third kappa shape index (κ3) is 1.73. The molecule has 3 aliphatic heterocycles. The molecule has 5 aliphatic rings. The van der Waals surface area contributed by atoms with Gasteiger partial charge in [0, 0.05) is 17.5 Å². The number of para-hydroxylation sites is 1. The number of piperidine rings is 1. The average molecular weight is 420 g/mol. The summed E-state index contributed by atoms with van der Waals surface area (Å²) in [4.78, 5) is 7.69. The van der Waals surface area contributed by atoms with E-state index in [-0.39, 0.29) is 32.9 Å². The lowest BCUT2D eigenvalue weighted by atomic mass is 9.53. The molecule has 1 fully saturated rings. The van der Waals surface area contributed by atoms with E-state index in [1.807, 2.05) is 12.1 Å². The zero-order valence-corrected chi connectivity index (χ0v) is 17.2. The second-order valence-electron chi connectivity index (χ2n) is 9.01. The minimum absolute atomic E-state index is 0.00853. The summed E-state index contributed by atoms with van der Waals surface area (Å²) in [6.07, 6.45) is 3.09. The van der Waals surface area contributed by atoms with Gasteiger partial charge in [0.05, 0.1) is 20.9 Å². The van der Waals surface area contributed by atoms with E-state index < -0.39 is 15.9 Å². The Kier molecular flexibility index (Phi) is 2.93. The SMILES string of the molecule is CN1CC[C@]23c4c5ccc(O)c4O[C@H]2C2=Nc4ccccc4S(=O)(=O)C2=CC3[C@H]1C5. The molecule has 7 heteroatoms. The summed E-state index contributed by atoms with van der Waals surface area (Å²) in [7, 11) is -1.57. The minimum Gasteiger partial charge on any atom is -0.504 e. The zero-order chi connectivity index (χ0) is 20.4. The van der Waals surface area contributed by atoms with Crippen LogP contribution in [0.15, 0.2) is 57.3 Å². The largest absolute Gasteiger partial charge is 0.504 e. The number of hydrogen-bond acceptors (Lipinski definition) is 6. The third-order valence-corrected chi connectivity index (χ3v) is 9.64. The standard InChI is InChI=1S/C23H20N2O4S/c1-25-9-8-23-13-11-18-20(24-14-4-2-3-5-17(14)30(18,27)28)22(23)29-21-16(26)7-6-12(19(21)23)10-15(13)25/h2-7,11,13,15,22,26H,8-10H2,1H3/t13?,15-,22+,23+/m1/s1. The van der Waals surface area contributed by atoms with Gasteiger partial charge in [-0.25, -0.2) is 13.4 Å².